The van der Waals surface area contributed by atoms with E-state index in [2.05, 4.69) is 49.9 Å². The fourth-order valence-electron chi connectivity index (χ4n) is 5.22. The zero-order chi connectivity index (χ0) is 23.6. The Hall–Kier alpha value is -2.08. The second kappa shape index (κ2) is 9.42. The van der Waals surface area contributed by atoms with E-state index < -0.39 is 16.3 Å². The summed E-state index contributed by atoms with van der Waals surface area (Å²) in [5.41, 5.74) is 2.15. The molecule has 1 N–H and O–H groups in total. The van der Waals surface area contributed by atoms with E-state index in [1.807, 2.05) is 13.8 Å². The van der Waals surface area contributed by atoms with Gasteiger partial charge >= 0.3 is 0 Å². The number of fused-ring (bicyclic) bond motifs is 3. The number of benzene rings is 1. The van der Waals surface area contributed by atoms with E-state index in [4.69, 9.17) is 4.74 Å². The van der Waals surface area contributed by atoms with Crippen LogP contribution in [0.15, 0.2) is 29.8 Å². The highest BCUT2D eigenvalue weighted by Crippen LogP contribution is 2.53. The molecule has 3 rings (SSSR count). The van der Waals surface area contributed by atoms with E-state index >= 15 is 0 Å². The van der Waals surface area contributed by atoms with Crippen LogP contribution in [0.1, 0.15) is 103 Å². The number of hydrogen-bond acceptors (Lipinski definition) is 5. The summed E-state index contributed by atoms with van der Waals surface area (Å²) in [6, 6.07) is 6.54. The quantitative estimate of drug-likeness (QED) is 0.199. The number of rotatable bonds is 10. The molecule has 1 aromatic carbocycles. The molecule has 0 bridgehead atoms. The Kier molecular flexibility index (Phi) is 7.23. The zero-order valence-corrected chi connectivity index (χ0v) is 20.3. The van der Waals surface area contributed by atoms with Crippen molar-refractivity contribution in [2.24, 2.45) is 0 Å². The lowest BCUT2D eigenvalue weighted by molar-refractivity contribution is -0.757. The van der Waals surface area contributed by atoms with Gasteiger partial charge in [-0.15, -0.1) is 10.1 Å². The summed E-state index contributed by atoms with van der Waals surface area (Å²) in [6.45, 7) is 10.9. The maximum atomic E-state index is 11.5. The molecule has 1 heterocycles. The minimum Gasteiger partial charge on any atom is -0.485 e. The van der Waals surface area contributed by atoms with E-state index in [9.17, 15) is 15.2 Å². The van der Waals surface area contributed by atoms with Crippen LogP contribution in [0.4, 0.5) is 0 Å². The molecular formula is C26H39NO5. The van der Waals surface area contributed by atoms with Crippen LogP contribution in [0.3, 0.4) is 0 Å². The van der Waals surface area contributed by atoms with E-state index in [1.54, 1.807) is 0 Å². The summed E-state index contributed by atoms with van der Waals surface area (Å²) < 4.78 is 6.42. The average molecular weight is 446 g/mol. The number of ether oxygens (including phenoxy) is 1. The molecule has 0 spiro atoms. The largest absolute Gasteiger partial charge is 0.485 e. The Morgan fingerprint density at radius 1 is 1.22 bits per heavy atom. The van der Waals surface area contributed by atoms with Crippen molar-refractivity contribution in [3.63, 3.8) is 0 Å². The Balaban J connectivity index is 1.64. The molecule has 1 aliphatic heterocycles. The molecule has 178 valence electrons. The van der Waals surface area contributed by atoms with Crippen molar-refractivity contribution in [3.8, 4) is 5.75 Å². The van der Waals surface area contributed by atoms with Gasteiger partial charge in [-0.25, -0.2) is 0 Å². The molecule has 2 aliphatic rings. The van der Waals surface area contributed by atoms with Gasteiger partial charge in [0, 0.05) is 11.5 Å². The Morgan fingerprint density at radius 2 is 1.91 bits per heavy atom. The van der Waals surface area contributed by atoms with E-state index in [0.29, 0.717) is 0 Å². The summed E-state index contributed by atoms with van der Waals surface area (Å²) in [4.78, 5) is 14.5. The predicted octanol–water partition coefficient (Wildman–Crippen LogP) is 6.24. The van der Waals surface area contributed by atoms with Crippen molar-refractivity contribution in [1.29, 1.82) is 0 Å². The number of allylic oxidation sites excluding steroid dienone is 1. The maximum absolute atomic E-state index is 11.5. The lowest BCUT2D eigenvalue weighted by Crippen LogP contribution is -2.60. The molecule has 2 atom stereocenters. The summed E-state index contributed by atoms with van der Waals surface area (Å²) in [5, 5.41) is 21.0. The smallest absolute Gasteiger partial charge is 0.294 e. The molecule has 0 saturated carbocycles. The predicted molar refractivity (Wildman–Crippen MR) is 126 cm³/mol. The van der Waals surface area contributed by atoms with Gasteiger partial charge in [0.25, 0.3) is 5.09 Å². The number of hydrogen-bond donors (Lipinski definition) is 1. The molecule has 6 nitrogen and oxygen atoms in total. The summed E-state index contributed by atoms with van der Waals surface area (Å²) in [7, 11) is 0. The molecule has 0 amide bonds. The van der Waals surface area contributed by atoms with Gasteiger partial charge in [-0.1, -0.05) is 63.3 Å². The second-order valence-corrected chi connectivity index (χ2v) is 10.7. The van der Waals surface area contributed by atoms with Gasteiger partial charge in [-0.05, 0) is 63.5 Å². The van der Waals surface area contributed by atoms with Crippen LogP contribution in [0.2, 0.25) is 0 Å². The normalized spacial score (nSPS) is 24.1. The average Bonchev–Trinajstić information content (AvgIpc) is 2.70. The summed E-state index contributed by atoms with van der Waals surface area (Å²) in [6.07, 6.45) is 9.87. The van der Waals surface area contributed by atoms with Gasteiger partial charge in [0.2, 0.25) is 0 Å². The van der Waals surface area contributed by atoms with Crippen molar-refractivity contribution >= 4 is 0 Å². The molecule has 0 radical (unpaired) electrons. The van der Waals surface area contributed by atoms with Crippen molar-refractivity contribution < 1.29 is 19.8 Å². The lowest BCUT2D eigenvalue weighted by atomic mass is 9.64. The standard InChI is InChI=1S/C26H39NO5/c1-19-13-15-26(28)22(17-19)21-12-11-20(18-23(21)32-25(26,4)5)24(2,3)14-9-7-6-8-10-16-31-27(29)30/h11-12,17-18,22,28H,6-10,13-16H2,1-5H3/t22-,26-/m1/s1. The third-order valence-electron chi connectivity index (χ3n) is 7.55. The van der Waals surface area contributed by atoms with Crippen molar-refractivity contribution in [1.82, 2.24) is 0 Å². The third kappa shape index (κ3) is 5.11. The third-order valence-corrected chi connectivity index (χ3v) is 7.55. The fourth-order valence-corrected chi connectivity index (χ4v) is 5.22. The molecule has 1 aliphatic carbocycles. The maximum Gasteiger partial charge on any atom is 0.294 e. The minimum atomic E-state index is -0.888. The molecule has 6 heteroatoms. The monoisotopic (exact) mass is 445 g/mol. The highest BCUT2D eigenvalue weighted by Gasteiger charge is 2.55. The first-order valence-electron chi connectivity index (χ1n) is 12.0. The lowest BCUT2D eigenvalue weighted by Gasteiger charge is -2.52. The molecule has 0 unspecified atom stereocenters. The van der Waals surface area contributed by atoms with Crippen LogP contribution in [-0.4, -0.2) is 28.0 Å². The van der Waals surface area contributed by atoms with Crippen molar-refractivity contribution in [2.75, 3.05) is 6.61 Å². The van der Waals surface area contributed by atoms with Gasteiger partial charge in [0.05, 0.1) is 6.61 Å². The fraction of sp³-hybridized carbons (Fsp3) is 0.692. The van der Waals surface area contributed by atoms with Crippen LogP contribution < -0.4 is 4.74 Å². The zero-order valence-electron chi connectivity index (χ0n) is 20.3. The molecule has 1 aromatic rings. The van der Waals surface area contributed by atoms with Crippen LogP contribution in [0.5, 0.6) is 5.75 Å². The first-order valence-corrected chi connectivity index (χ1v) is 12.0. The first-order chi connectivity index (χ1) is 15.0. The summed E-state index contributed by atoms with van der Waals surface area (Å²) in [5.74, 6) is 0.860. The SMILES string of the molecule is CC1=C[C@@H]2c3ccc(C(C)(C)CCCCCCCO[N+](=O)[O-])cc3OC(C)(C)[C@@]2(O)CC1. The van der Waals surface area contributed by atoms with Crippen LogP contribution >= 0.6 is 0 Å². The Labute approximate surface area is 192 Å². The second-order valence-electron chi connectivity index (χ2n) is 10.7. The number of unbranched alkanes of at least 4 members (excludes halogenated alkanes) is 4. The van der Waals surface area contributed by atoms with E-state index in [-0.39, 0.29) is 17.9 Å². The van der Waals surface area contributed by atoms with Crippen molar-refractivity contribution in [2.45, 2.75) is 109 Å². The topological polar surface area (TPSA) is 81.8 Å². The van der Waals surface area contributed by atoms with Crippen LogP contribution in [-0.2, 0) is 10.3 Å². The van der Waals surface area contributed by atoms with Gasteiger partial charge in [-0.2, -0.15) is 0 Å². The highest BCUT2D eigenvalue weighted by molar-refractivity contribution is 5.49. The van der Waals surface area contributed by atoms with Gasteiger partial charge < -0.3 is 14.7 Å². The number of aliphatic hydroxyl groups is 1. The summed E-state index contributed by atoms with van der Waals surface area (Å²) >= 11 is 0. The highest BCUT2D eigenvalue weighted by atomic mass is 16.9. The van der Waals surface area contributed by atoms with Gasteiger partial charge in [-0.3, -0.25) is 0 Å². The first kappa shape index (κ1) is 24.6. The number of nitrogens with zero attached hydrogens (tertiary/aromatic N) is 1. The van der Waals surface area contributed by atoms with Gasteiger partial charge in [0.15, 0.2) is 0 Å². The Morgan fingerprint density at radius 3 is 2.62 bits per heavy atom. The van der Waals surface area contributed by atoms with E-state index in [1.165, 1.54) is 11.1 Å². The van der Waals surface area contributed by atoms with Crippen LogP contribution in [0.25, 0.3) is 0 Å². The van der Waals surface area contributed by atoms with Crippen molar-refractivity contribution in [3.05, 3.63) is 51.1 Å². The molecule has 0 fully saturated rings. The Bertz CT molecular complexity index is 860. The minimum absolute atomic E-state index is 0.0172. The molecule has 32 heavy (non-hydrogen) atoms. The van der Waals surface area contributed by atoms with E-state index in [0.717, 1.165) is 62.7 Å². The van der Waals surface area contributed by atoms with Crippen LogP contribution in [0, 0.1) is 10.1 Å². The molecule has 0 aromatic heterocycles. The molecule has 0 saturated heterocycles. The molecular weight excluding hydrogens is 406 g/mol. The van der Waals surface area contributed by atoms with Gasteiger partial charge in [0.1, 0.15) is 17.0 Å².